The van der Waals surface area contributed by atoms with Gasteiger partial charge in [0.25, 0.3) is 0 Å². The zero-order valence-electron chi connectivity index (χ0n) is 11.7. The molecule has 1 aliphatic carbocycles. The van der Waals surface area contributed by atoms with Gasteiger partial charge in [0, 0.05) is 18.6 Å². The zero-order valence-corrected chi connectivity index (χ0v) is 13.3. The van der Waals surface area contributed by atoms with Crippen LogP contribution in [0.3, 0.4) is 0 Å². The van der Waals surface area contributed by atoms with Gasteiger partial charge < -0.3 is 10.6 Å². The van der Waals surface area contributed by atoms with E-state index in [0.717, 1.165) is 18.4 Å². The summed E-state index contributed by atoms with van der Waals surface area (Å²) >= 11 is 11.0. The maximum atomic E-state index is 12.6. The van der Waals surface area contributed by atoms with E-state index < -0.39 is 5.41 Å². The smallest absolute Gasteiger partial charge is 0.235 e. The molecule has 1 saturated carbocycles. The lowest BCUT2D eigenvalue weighted by Gasteiger charge is -2.46. The van der Waals surface area contributed by atoms with E-state index in [1.54, 1.807) is 11.9 Å². The number of carbonyl (C=O) groups is 1. The second-order valence-electron chi connectivity index (χ2n) is 5.75. The van der Waals surface area contributed by atoms with Crippen molar-refractivity contribution in [2.45, 2.75) is 26.3 Å². The van der Waals surface area contributed by atoms with Gasteiger partial charge in [-0.25, -0.2) is 0 Å². The van der Waals surface area contributed by atoms with Crippen molar-refractivity contribution in [2.24, 2.45) is 17.1 Å². The predicted molar refractivity (Wildman–Crippen MR) is 85.5 cm³/mol. The van der Waals surface area contributed by atoms with Crippen molar-refractivity contribution in [3.63, 3.8) is 0 Å². The summed E-state index contributed by atoms with van der Waals surface area (Å²) in [6.07, 6.45) is 1.51. The molecule has 1 aliphatic rings. The molecule has 1 aromatic rings. The van der Waals surface area contributed by atoms with Crippen LogP contribution in [0.1, 0.15) is 25.3 Å². The molecule has 0 saturated heterocycles. The molecular weight excluding hydrogens is 292 g/mol. The van der Waals surface area contributed by atoms with Crippen LogP contribution in [-0.4, -0.2) is 22.8 Å². The summed E-state index contributed by atoms with van der Waals surface area (Å²) in [6.45, 7) is 2.65. The van der Waals surface area contributed by atoms with Crippen LogP contribution < -0.4 is 5.73 Å². The number of halogens is 1. The van der Waals surface area contributed by atoms with Crippen LogP contribution in [-0.2, 0) is 11.3 Å². The Morgan fingerprint density at radius 2 is 2.00 bits per heavy atom. The second-order valence-corrected chi connectivity index (χ2v) is 6.62. The van der Waals surface area contributed by atoms with Gasteiger partial charge in [-0.3, -0.25) is 4.79 Å². The minimum Gasteiger partial charge on any atom is -0.392 e. The number of nitrogens with two attached hydrogens (primary N) is 1. The highest BCUT2D eigenvalue weighted by Crippen LogP contribution is 2.47. The molecule has 2 rings (SSSR count). The van der Waals surface area contributed by atoms with E-state index in [-0.39, 0.29) is 5.91 Å². The lowest BCUT2D eigenvalue weighted by atomic mass is 9.61. The Balaban J connectivity index is 2.08. The first-order valence-corrected chi connectivity index (χ1v) is 7.44. The molecule has 0 radical (unpaired) electrons. The second kappa shape index (κ2) is 5.70. The number of hydrogen-bond acceptors (Lipinski definition) is 2. The molecule has 0 aromatic heterocycles. The molecule has 0 unspecified atom stereocenters. The molecule has 0 spiro atoms. The first-order valence-electron chi connectivity index (χ1n) is 6.65. The topological polar surface area (TPSA) is 46.3 Å². The highest BCUT2D eigenvalue weighted by Gasteiger charge is 2.51. The molecule has 1 amide bonds. The average molecular weight is 311 g/mol. The number of thiocarbonyl (C=S) groups is 1. The quantitative estimate of drug-likeness (QED) is 0.870. The minimum absolute atomic E-state index is 0.0260. The van der Waals surface area contributed by atoms with E-state index in [1.807, 2.05) is 24.3 Å². The van der Waals surface area contributed by atoms with E-state index in [9.17, 15) is 4.79 Å². The third-order valence-electron chi connectivity index (χ3n) is 3.95. The number of rotatable bonds is 4. The fourth-order valence-corrected chi connectivity index (χ4v) is 3.29. The maximum Gasteiger partial charge on any atom is 0.235 e. The highest BCUT2D eigenvalue weighted by molar-refractivity contribution is 7.80. The number of carbonyl (C=O) groups excluding carboxylic acids is 1. The summed E-state index contributed by atoms with van der Waals surface area (Å²) in [5.74, 6) is 0.530. The molecule has 108 valence electrons. The van der Waals surface area contributed by atoms with Crippen molar-refractivity contribution in [3.8, 4) is 0 Å². The Hall–Kier alpha value is -1.13. The van der Waals surface area contributed by atoms with Crippen LogP contribution in [0.4, 0.5) is 0 Å². The van der Waals surface area contributed by atoms with Crippen molar-refractivity contribution in [2.75, 3.05) is 7.05 Å². The Labute approximate surface area is 130 Å². The summed E-state index contributed by atoms with van der Waals surface area (Å²) in [5, 5.41) is 0.690. The van der Waals surface area contributed by atoms with Gasteiger partial charge in [-0.15, -0.1) is 0 Å². The van der Waals surface area contributed by atoms with Crippen LogP contribution in [0.25, 0.3) is 0 Å². The van der Waals surface area contributed by atoms with Gasteiger partial charge in [-0.1, -0.05) is 42.9 Å². The van der Waals surface area contributed by atoms with E-state index >= 15 is 0 Å². The molecule has 0 heterocycles. The number of hydrogen-bond donors (Lipinski definition) is 1. The third kappa shape index (κ3) is 2.81. The van der Waals surface area contributed by atoms with Gasteiger partial charge in [0.1, 0.15) is 0 Å². The summed E-state index contributed by atoms with van der Waals surface area (Å²) in [5.41, 5.74) is 6.22. The van der Waals surface area contributed by atoms with E-state index in [2.05, 4.69) is 6.92 Å². The molecule has 1 fully saturated rings. The standard InChI is InChI=1S/C15H19ClN2OS/c1-10-7-15(8-10,13(17)20)14(19)18(2)9-11-3-5-12(16)6-4-11/h3-6,10H,7-9H2,1-2H3,(H2,17,20). The SMILES string of the molecule is CC1CC(C(=O)N(C)Cc2ccc(Cl)cc2)(C(N)=S)C1. The molecule has 5 heteroatoms. The van der Waals surface area contributed by atoms with Crippen LogP contribution in [0.5, 0.6) is 0 Å². The van der Waals surface area contributed by atoms with Crippen molar-refractivity contribution >= 4 is 34.7 Å². The van der Waals surface area contributed by atoms with E-state index in [4.69, 9.17) is 29.6 Å². The number of amides is 1. The first-order chi connectivity index (χ1) is 9.35. The Kier molecular flexibility index (Phi) is 4.35. The zero-order chi connectivity index (χ0) is 14.9. The Bertz CT molecular complexity index is 523. The van der Waals surface area contributed by atoms with E-state index in [0.29, 0.717) is 22.5 Å². The first kappa shape index (κ1) is 15.3. The maximum absolute atomic E-state index is 12.6. The Morgan fingerprint density at radius 3 is 2.45 bits per heavy atom. The van der Waals surface area contributed by atoms with Gasteiger partial charge in [0.05, 0.1) is 10.4 Å². The van der Waals surface area contributed by atoms with Crippen molar-refractivity contribution in [1.29, 1.82) is 0 Å². The van der Waals surface area contributed by atoms with Crippen LogP contribution in [0, 0.1) is 11.3 Å². The lowest BCUT2D eigenvalue weighted by Crippen LogP contribution is -2.56. The van der Waals surface area contributed by atoms with E-state index in [1.165, 1.54) is 0 Å². The van der Waals surface area contributed by atoms with Gasteiger partial charge in [0.15, 0.2) is 0 Å². The molecule has 2 N–H and O–H groups in total. The van der Waals surface area contributed by atoms with Crippen molar-refractivity contribution in [3.05, 3.63) is 34.9 Å². The fraction of sp³-hybridized carbons (Fsp3) is 0.467. The summed E-state index contributed by atoms with van der Waals surface area (Å²) < 4.78 is 0. The number of benzene rings is 1. The Morgan fingerprint density at radius 1 is 1.45 bits per heavy atom. The lowest BCUT2D eigenvalue weighted by molar-refractivity contribution is -0.143. The third-order valence-corrected chi connectivity index (χ3v) is 4.60. The molecule has 1 aromatic carbocycles. The fourth-order valence-electron chi connectivity index (χ4n) is 2.91. The van der Waals surface area contributed by atoms with Gasteiger partial charge >= 0.3 is 0 Å². The van der Waals surface area contributed by atoms with Crippen LogP contribution in [0.15, 0.2) is 24.3 Å². The summed E-state index contributed by atoms with van der Waals surface area (Å²) in [6, 6.07) is 7.49. The molecule has 20 heavy (non-hydrogen) atoms. The van der Waals surface area contributed by atoms with Gasteiger partial charge in [-0.05, 0) is 36.5 Å². The predicted octanol–water partition coefficient (Wildman–Crippen LogP) is 3.00. The molecule has 0 aliphatic heterocycles. The van der Waals surface area contributed by atoms with Crippen molar-refractivity contribution < 1.29 is 4.79 Å². The molecule has 0 atom stereocenters. The molecular formula is C15H19ClN2OS. The van der Waals surface area contributed by atoms with Crippen LogP contribution >= 0.6 is 23.8 Å². The van der Waals surface area contributed by atoms with Gasteiger partial charge in [0.2, 0.25) is 5.91 Å². The number of nitrogens with zero attached hydrogens (tertiary/aromatic N) is 1. The normalized spacial score (nSPS) is 24.9. The molecule has 3 nitrogen and oxygen atoms in total. The summed E-state index contributed by atoms with van der Waals surface area (Å²) in [7, 11) is 1.79. The monoisotopic (exact) mass is 310 g/mol. The highest BCUT2D eigenvalue weighted by atomic mass is 35.5. The molecule has 0 bridgehead atoms. The summed E-state index contributed by atoms with van der Waals surface area (Å²) in [4.78, 5) is 14.7. The average Bonchev–Trinajstić information content (AvgIpc) is 2.36. The minimum atomic E-state index is -0.629. The largest absolute Gasteiger partial charge is 0.392 e. The van der Waals surface area contributed by atoms with Crippen LogP contribution in [0.2, 0.25) is 5.02 Å². The van der Waals surface area contributed by atoms with Crippen molar-refractivity contribution in [1.82, 2.24) is 4.90 Å². The van der Waals surface area contributed by atoms with Gasteiger partial charge in [-0.2, -0.15) is 0 Å².